The molecule has 2 rings (SSSR count). The van der Waals surface area contributed by atoms with Gasteiger partial charge in [0.05, 0.1) is 17.7 Å². The first-order valence-corrected chi connectivity index (χ1v) is 9.02. The van der Waals surface area contributed by atoms with Gasteiger partial charge in [0.1, 0.15) is 0 Å². The van der Waals surface area contributed by atoms with Gasteiger partial charge in [-0.15, -0.1) is 16.4 Å². The minimum atomic E-state index is 0.662. The van der Waals surface area contributed by atoms with E-state index in [-0.39, 0.29) is 0 Å². The van der Waals surface area contributed by atoms with E-state index < -0.39 is 0 Å². The van der Waals surface area contributed by atoms with Crippen LogP contribution in [0.4, 0.5) is 0 Å². The SMILES string of the molecule is Cc1ncsc1CCSc1nnnn1CCNCC(C)C. The van der Waals surface area contributed by atoms with Crippen molar-refractivity contribution in [2.75, 3.05) is 18.8 Å². The lowest BCUT2D eigenvalue weighted by atomic mass is 10.2. The lowest BCUT2D eigenvalue weighted by molar-refractivity contribution is 0.482. The van der Waals surface area contributed by atoms with Gasteiger partial charge in [-0.1, -0.05) is 25.6 Å². The van der Waals surface area contributed by atoms with Crippen LogP contribution in [0.25, 0.3) is 0 Å². The lowest BCUT2D eigenvalue weighted by Crippen LogP contribution is -2.24. The van der Waals surface area contributed by atoms with Gasteiger partial charge in [0.25, 0.3) is 0 Å². The van der Waals surface area contributed by atoms with E-state index in [1.54, 1.807) is 23.1 Å². The van der Waals surface area contributed by atoms with E-state index in [0.717, 1.165) is 42.7 Å². The fourth-order valence-electron chi connectivity index (χ4n) is 1.82. The van der Waals surface area contributed by atoms with Gasteiger partial charge < -0.3 is 5.32 Å². The van der Waals surface area contributed by atoms with Gasteiger partial charge in [-0.25, -0.2) is 9.67 Å². The third kappa shape index (κ3) is 5.37. The van der Waals surface area contributed by atoms with E-state index in [1.807, 2.05) is 10.2 Å². The molecule has 0 atom stereocenters. The molecule has 0 fully saturated rings. The summed E-state index contributed by atoms with van der Waals surface area (Å²) >= 11 is 3.42. The maximum Gasteiger partial charge on any atom is 0.209 e. The third-order valence-electron chi connectivity index (χ3n) is 2.96. The molecule has 0 unspecified atom stereocenters. The molecular weight excluding hydrogens is 304 g/mol. The van der Waals surface area contributed by atoms with Crippen LogP contribution < -0.4 is 5.32 Å². The Labute approximate surface area is 133 Å². The van der Waals surface area contributed by atoms with Gasteiger partial charge in [0.15, 0.2) is 0 Å². The Kier molecular flexibility index (Phi) is 6.59. The predicted molar refractivity (Wildman–Crippen MR) is 86.8 cm³/mol. The van der Waals surface area contributed by atoms with Crippen molar-refractivity contribution < 1.29 is 0 Å². The second-order valence-electron chi connectivity index (χ2n) is 5.24. The summed E-state index contributed by atoms with van der Waals surface area (Å²) in [7, 11) is 0. The lowest BCUT2D eigenvalue weighted by Gasteiger charge is -2.08. The van der Waals surface area contributed by atoms with E-state index in [1.165, 1.54) is 4.88 Å². The van der Waals surface area contributed by atoms with Gasteiger partial charge in [0, 0.05) is 17.2 Å². The average molecular weight is 326 g/mol. The highest BCUT2D eigenvalue weighted by Gasteiger charge is 2.08. The maximum absolute atomic E-state index is 4.27. The molecule has 1 N–H and O–H groups in total. The standard InChI is InChI=1S/C13H22N6S2/c1-10(2)8-14-5-6-19-13(16-17-18-19)20-7-4-12-11(3)15-9-21-12/h9-10,14H,4-8H2,1-3H3. The molecule has 0 saturated heterocycles. The zero-order valence-electron chi connectivity index (χ0n) is 12.7. The monoisotopic (exact) mass is 326 g/mol. The first kappa shape index (κ1) is 16.4. The number of rotatable bonds is 9. The highest BCUT2D eigenvalue weighted by molar-refractivity contribution is 7.99. The summed E-state index contributed by atoms with van der Waals surface area (Å²) < 4.78 is 1.87. The van der Waals surface area contributed by atoms with Crippen molar-refractivity contribution in [1.29, 1.82) is 0 Å². The van der Waals surface area contributed by atoms with Crippen LogP contribution >= 0.6 is 23.1 Å². The fourth-order valence-corrected chi connectivity index (χ4v) is 3.59. The summed E-state index contributed by atoms with van der Waals surface area (Å²) in [6, 6.07) is 0. The second-order valence-corrected chi connectivity index (χ2v) is 7.24. The van der Waals surface area contributed by atoms with Gasteiger partial charge in [-0.2, -0.15) is 0 Å². The predicted octanol–water partition coefficient (Wildman–Crippen LogP) is 2.02. The number of thioether (sulfide) groups is 1. The Balaban J connectivity index is 1.74. The molecule has 0 spiro atoms. The zero-order valence-corrected chi connectivity index (χ0v) is 14.4. The molecule has 0 amide bonds. The van der Waals surface area contributed by atoms with Crippen LogP contribution in [-0.4, -0.2) is 44.0 Å². The zero-order chi connectivity index (χ0) is 15.1. The second kappa shape index (κ2) is 8.45. The molecule has 0 aromatic carbocycles. The largest absolute Gasteiger partial charge is 0.315 e. The van der Waals surface area contributed by atoms with Crippen molar-refractivity contribution in [3.63, 3.8) is 0 Å². The number of hydrogen-bond acceptors (Lipinski definition) is 7. The van der Waals surface area contributed by atoms with Crippen molar-refractivity contribution in [1.82, 2.24) is 30.5 Å². The molecule has 2 aromatic heterocycles. The molecule has 6 nitrogen and oxygen atoms in total. The molecule has 0 aliphatic rings. The Morgan fingerprint density at radius 1 is 1.43 bits per heavy atom. The van der Waals surface area contributed by atoms with Crippen molar-refractivity contribution in [3.05, 3.63) is 16.1 Å². The van der Waals surface area contributed by atoms with Crippen molar-refractivity contribution in [2.24, 2.45) is 5.92 Å². The van der Waals surface area contributed by atoms with E-state index in [4.69, 9.17) is 0 Å². The molecule has 116 valence electrons. The summed E-state index contributed by atoms with van der Waals surface area (Å²) in [6.45, 7) is 9.18. The van der Waals surface area contributed by atoms with Gasteiger partial charge in [-0.05, 0) is 36.2 Å². The van der Waals surface area contributed by atoms with Crippen LogP contribution in [0.15, 0.2) is 10.7 Å². The number of aryl methyl sites for hydroxylation is 2. The van der Waals surface area contributed by atoms with Crippen LogP contribution in [0.2, 0.25) is 0 Å². The number of thiazole rings is 1. The smallest absolute Gasteiger partial charge is 0.209 e. The van der Waals surface area contributed by atoms with Crippen molar-refractivity contribution >= 4 is 23.1 Å². The summed E-state index contributed by atoms with van der Waals surface area (Å²) in [5.41, 5.74) is 3.04. The normalized spacial score (nSPS) is 11.4. The minimum Gasteiger partial charge on any atom is -0.315 e. The minimum absolute atomic E-state index is 0.662. The maximum atomic E-state index is 4.27. The number of nitrogens with one attached hydrogen (secondary N) is 1. The summed E-state index contributed by atoms with van der Waals surface area (Å²) in [5.74, 6) is 1.64. The molecule has 8 heteroatoms. The topological polar surface area (TPSA) is 68.5 Å². The molecular formula is C13H22N6S2. The van der Waals surface area contributed by atoms with Crippen LogP contribution in [0.1, 0.15) is 24.4 Å². The highest BCUT2D eigenvalue weighted by Crippen LogP contribution is 2.19. The van der Waals surface area contributed by atoms with E-state index in [0.29, 0.717) is 5.92 Å². The van der Waals surface area contributed by atoms with E-state index in [2.05, 4.69) is 46.6 Å². The number of tetrazole rings is 1. The van der Waals surface area contributed by atoms with Crippen molar-refractivity contribution in [2.45, 2.75) is 38.9 Å². The number of nitrogens with zero attached hydrogens (tertiary/aromatic N) is 5. The molecule has 0 aliphatic heterocycles. The Morgan fingerprint density at radius 3 is 3.00 bits per heavy atom. The summed E-state index contributed by atoms with van der Waals surface area (Å²) in [5, 5.41) is 16.2. The van der Waals surface area contributed by atoms with Gasteiger partial charge in [-0.3, -0.25) is 0 Å². The van der Waals surface area contributed by atoms with E-state index in [9.17, 15) is 0 Å². The Morgan fingerprint density at radius 2 is 2.29 bits per heavy atom. The number of aromatic nitrogens is 5. The van der Waals surface area contributed by atoms with Crippen molar-refractivity contribution in [3.8, 4) is 0 Å². The highest BCUT2D eigenvalue weighted by atomic mass is 32.2. The van der Waals surface area contributed by atoms with Gasteiger partial charge in [0.2, 0.25) is 5.16 Å². The molecule has 2 heterocycles. The Hall–Kier alpha value is -0.990. The van der Waals surface area contributed by atoms with Gasteiger partial charge >= 0.3 is 0 Å². The number of hydrogen-bond donors (Lipinski definition) is 1. The quantitative estimate of drug-likeness (QED) is 0.562. The Bertz CT molecular complexity index is 536. The molecule has 0 bridgehead atoms. The molecule has 0 radical (unpaired) electrons. The van der Waals surface area contributed by atoms with E-state index >= 15 is 0 Å². The first-order chi connectivity index (χ1) is 10.2. The molecule has 0 saturated carbocycles. The third-order valence-corrected chi connectivity index (χ3v) is 4.91. The first-order valence-electron chi connectivity index (χ1n) is 7.15. The van der Waals surface area contributed by atoms with Crippen LogP contribution in [0, 0.1) is 12.8 Å². The molecule has 0 aliphatic carbocycles. The molecule has 2 aromatic rings. The van der Waals surface area contributed by atoms with Crippen LogP contribution in [0.3, 0.4) is 0 Å². The molecule has 21 heavy (non-hydrogen) atoms. The van der Waals surface area contributed by atoms with Crippen LogP contribution in [-0.2, 0) is 13.0 Å². The fraction of sp³-hybridized carbons (Fsp3) is 0.692. The average Bonchev–Trinajstić information content (AvgIpc) is 3.05. The summed E-state index contributed by atoms with van der Waals surface area (Å²) in [6.07, 6.45) is 1.01. The summed E-state index contributed by atoms with van der Waals surface area (Å²) in [4.78, 5) is 5.62. The van der Waals surface area contributed by atoms with Crippen LogP contribution in [0.5, 0.6) is 0 Å².